The molecule has 0 bridgehead atoms. The average molecular weight is 863 g/mol. The molecule has 0 aliphatic carbocycles. The van der Waals surface area contributed by atoms with E-state index in [4.69, 9.17) is 9.97 Å². The Morgan fingerprint density at radius 2 is 0.706 bits per heavy atom. The Hall–Kier alpha value is -8.98. The van der Waals surface area contributed by atoms with Gasteiger partial charge in [-0.1, -0.05) is 237 Å². The summed E-state index contributed by atoms with van der Waals surface area (Å²) in [4.78, 5) is 10.4. The Labute approximate surface area is 395 Å². The van der Waals surface area contributed by atoms with E-state index in [9.17, 15) is 0 Å². The van der Waals surface area contributed by atoms with Gasteiger partial charge in [0, 0.05) is 16.7 Å². The van der Waals surface area contributed by atoms with E-state index < -0.39 is 0 Å². The van der Waals surface area contributed by atoms with Crippen LogP contribution in [0.5, 0.6) is 0 Å². The Kier molecular flexibility index (Phi) is 9.54. The molecule has 0 N–H and O–H groups in total. The monoisotopic (exact) mass is 862 g/mol. The summed E-state index contributed by atoms with van der Waals surface area (Å²) in [6, 6.07) is 92.0. The molecule has 0 atom stereocenters. The maximum Gasteiger partial charge on any atom is 0.160 e. The maximum atomic E-state index is 5.25. The van der Waals surface area contributed by atoms with Gasteiger partial charge in [-0.15, -0.1) is 0 Å². The molecule has 1 heterocycles. The smallest absolute Gasteiger partial charge is 0.160 e. The lowest BCUT2D eigenvalue weighted by atomic mass is 9.89. The first kappa shape index (κ1) is 39.4. The minimum absolute atomic E-state index is 0.701. The van der Waals surface area contributed by atoms with Crippen LogP contribution in [0.15, 0.2) is 255 Å². The minimum Gasteiger partial charge on any atom is -0.228 e. The van der Waals surface area contributed by atoms with Crippen molar-refractivity contribution in [3.05, 3.63) is 255 Å². The molecule has 12 aromatic carbocycles. The summed E-state index contributed by atoms with van der Waals surface area (Å²) < 4.78 is 0. The number of aromatic nitrogens is 2. The van der Waals surface area contributed by atoms with Gasteiger partial charge >= 0.3 is 0 Å². The van der Waals surface area contributed by atoms with Crippen LogP contribution in [0.3, 0.4) is 0 Å². The molecule has 0 radical (unpaired) electrons. The Balaban J connectivity index is 0.838. The zero-order valence-corrected chi connectivity index (χ0v) is 37.1. The molecule has 0 spiro atoms. The fourth-order valence-electron chi connectivity index (χ4n) is 10.2. The second-order valence-electron chi connectivity index (χ2n) is 17.7. The summed E-state index contributed by atoms with van der Waals surface area (Å²) in [5, 5.41) is 12.4. The van der Waals surface area contributed by atoms with E-state index in [1.807, 2.05) is 18.2 Å². The van der Waals surface area contributed by atoms with Gasteiger partial charge < -0.3 is 0 Å². The first-order chi connectivity index (χ1) is 33.7. The Morgan fingerprint density at radius 1 is 0.206 bits per heavy atom. The first-order valence-electron chi connectivity index (χ1n) is 23.3. The van der Waals surface area contributed by atoms with Gasteiger partial charge in [-0.3, -0.25) is 0 Å². The van der Waals surface area contributed by atoms with E-state index in [1.165, 1.54) is 93.0 Å². The molecule has 316 valence electrons. The highest BCUT2D eigenvalue weighted by Crippen LogP contribution is 2.41. The molecular formula is C66H42N2. The highest BCUT2D eigenvalue weighted by molar-refractivity contribution is 6.20. The average Bonchev–Trinajstić information content (AvgIpc) is 3.42. The number of rotatable bonds is 7. The third-order valence-electron chi connectivity index (χ3n) is 13.7. The van der Waals surface area contributed by atoms with E-state index in [1.54, 1.807) is 0 Å². The summed E-state index contributed by atoms with van der Waals surface area (Å²) in [5.41, 5.74) is 14.5. The third kappa shape index (κ3) is 6.99. The molecule has 13 rings (SSSR count). The predicted octanol–water partition coefficient (Wildman–Crippen LogP) is 17.9. The lowest BCUT2D eigenvalue weighted by molar-refractivity contribution is 1.18. The van der Waals surface area contributed by atoms with Crippen LogP contribution in [0, 0.1) is 0 Å². The van der Waals surface area contributed by atoms with E-state index in [0.29, 0.717) is 5.82 Å². The highest BCUT2D eigenvalue weighted by Gasteiger charge is 2.17. The van der Waals surface area contributed by atoms with Crippen molar-refractivity contribution in [3.8, 4) is 78.4 Å². The first-order valence-corrected chi connectivity index (χ1v) is 23.3. The molecule has 0 saturated heterocycles. The predicted molar refractivity (Wildman–Crippen MR) is 288 cm³/mol. The summed E-state index contributed by atoms with van der Waals surface area (Å²) in [7, 11) is 0. The number of hydrogen-bond acceptors (Lipinski definition) is 2. The summed E-state index contributed by atoms with van der Waals surface area (Å²) in [6.45, 7) is 0. The van der Waals surface area contributed by atoms with Crippen molar-refractivity contribution < 1.29 is 0 Å². The molecule has 2 nitrogen and oxygen atoms in total. The standard InChI is InChI=1S/C66H42N2/c1-2-14-51(15-3-1)66-67-63(49-31-24-46(25-32-49)53-35-28-43-12-4-5-16-52(43)40-53)42-64(68-66)60-39-38-56(58-20-10-11-21-59(58)60)48-29-22-44(23-30-48)45-26-33-50(34-27-45)65-57-19-9-7-17-54(57)41-62-55-18-8-6-13-47(55)36-37-61(62)65/h1-42H. The Bertz CT molecular complexity index is 4040. The maximum absolute atomic E-state index is 5.25. The van der Waals surface area contributed by atoms with E-state index in [2.05, 4.69) is 237 Å². The lowest BCUT2D eigenvalue weighted by Gasteiger charge is -2.15. The fourth-order valence-corrected chi connectivity index (χ4v) is 10.2. The van der Waals surface area contributed by atoms with Gasteiger partial charge in [-0.25, -0.2) is 9.97 Å². The molecule has 2 heteroatoms. The van der Waals surface area contributed by atoms with Gasteiger partial charge in [-0.2, -0.15) is 0 Å². The van der Waals surface area contributed by atoms with Crippen molar-refractivity contribution in [2.45, 2.75) is 0 Å². The van der Waals surface area contributed by atoms with Crippen molar-refractivity contribution in [3.63, 3.8) is 0 Å². The topological polar surface area (TPSA) is 25.8 Å². The zero-order valence-electron chi connectivity index (χ0n) is 37.1. The normalized spacial score (nSPS) is 11.5. The van der Waals surface area contributed by atoms with Crippen molar-refractivity contribution in [2.24, 2.45) is 0 Å². The highest BCUT2D eigenvalue weighted by atomic mass is 14.9. The van der Waals surface area contributed by atoms with Crippen LogP contribution in [0.1, 0.15) is 0 Å². The molecule has 0 saturated carbocycles. The van der Waals surface area contributed by atoms with Gasteiger partial charge in [0.1, 0.15) is 0 Å². The number of nitrogens with zero attached hydrogens (tertiary/aromatic N) is 2. The fraction of sp³-hybridized carbons (Fsp3) is 0. The van der Waals surface area contributed by atoms with Crippen LogP contribution in [0.25, 0.3) is 132 Å². The Morgan fingerprint density at radius 3 is 1.44 bits per heavy atom. The quantitative estimate of drug-likeness (QED) is 0.118. The summed E-state index contributed by atoms with van der Waals surface area (Å²) >= 11 is 0. The van der Waals surface area contributed by atoms with Crippen LogP contribution in [0.2, 0.25) is 0 Å². The van der Waals surface area contributed by atoms with Crippen molar-refractivity contribution in [2.75, 3.05) is 0 Å². The summed E-state index contributed by atoms with van der Waals surface area (Å²) in [5.74, 6) is 0.701. The number of hydrogen-bond donors (Lipinski definition) is 0. The summed E-state index contributed by atoms with van der Waals surface area (Å²) in [6.07, 6.45) is 0. The molecule has 0 aliphatic heterocycles. The molecule has 1 aromatic heterocycles. The molecule has 0 amide bonds. The zero-order chi connectivity index (χ0) is 45.0. The largest absolute Gasteiger partial charge is 0.228 e. The van der Waals surface area contributed by atoms with E-state index >= 15 is 0 Å². The van der Waals surface area contributed by atoms with Crippen molar-refractivity contribution in [1.82, 2.24) is 9.97 Å². The van der Waals surface area contributed by atoms with Crippen LogP contribution in [-0.2, 0) is 0 Å². The molecule has 68 heavy (non-hydrogen) atoms. The van der Waals surface area contributed by atoms with E-state index in [-0.39, 0.29) is 0 Å². The number of fused-ring (bicyclic) bond motifs is 6. The van der Waals surface area contributed by atoms with Crippen LogP contribution >= 0.6 is 0 Å². The van der Waals surface area contributed by atoms with E-state index in [0.717, 1.165) is 33.5 Å². The second-order valence-corrected chi connectivity index (χ2v) is 17.7. The van der Waals surface area contributed by atoms with Gasteiger partial charge in [0.15, 0.2) is 5.82 Å². The molecule has 13 aromatic rings. The minimum atomic E-state index is 0.701. The van der Waals surface area contributed by atoms with Gasteiger partial charge in [0.2, 0.25) is 0 Å². The second kappa shape index (κ2) is 16.5. The molecular weight excluding hydrogens is 821 g/mol. The van der Waals surface area contributed by atoms with Gasteiger partial charge in [0.05, 0.1) is 11.4 Å². The lowest BCUT2D eigenvalue weighted by Crippen LogP contribution is -1.97. The molecule has 0 aliphatic rings. The molecule has 0 fully saturated rings. The van der Waals surface area contributed by atoms with Crippen LogP contribution < -0.4 is 0 Å². The van der Waals surface area contributed by atoms with Gasteiger partial charge in [0.25, 0.3) is 0 Å². The molecule has 0 unspecified atom stereocenters. The SMILES string of the molecule is c1ccc(-c2nc(-c3ccc(-c4ccc5ccccc5c4)cc3)cc(-c3ccc(-c4ccc(-c5ccc(-c6c7ccccc7cc7c6ccc6ccccc67)cc5)cc4)c4ccccc34)n2)cc1. The van der Waals surface area contributed by atoms with Crippen molar-refractivity contribution in [1.29, 1.82) is 0 Å². The third-order valence-corrected chi connectivity index (χ3v) is 13.7. The van der Waals surface area contributed by atoms with Crippen LogP contribution in [0.4, 0.5) is 0 Å². The number of benzene rings is 12. The van der Waals surface area contributed by atoms with Crippen LogP contribution in [-0.4, -0.2) is 9.97 Å². The van der Waals surface area contributed by atoms with Gasteiger partial charge in [-0.05, 0) is 117 Å². The van der Waals surface area contributed by atoms with Crippen molar-refractivity contribution >= 4 is 53.9 Å².